The smallest absolute Gasteiger partial charge is 0.262 e. The zero-order valence-electron chi connectivity index (χ0n) is 15.4. The fourth-order valence-corrected chi connectivity index (χ4v) is 2.80. The lowest BCUT2D eigenvalue weighted by molar-refractivity contribution is -0.118. The van der Waals surface area contributed by atoms with Gasteiger partial charge in [0.2, 0.25) is 0 Å². The molecule has 1 amide bonds. The van der Waals surface area contributed by atoms with Crippen molar-refractivity contribution in [1.82, 2.24) is 0 Å². The summed E-state index contributed by atoms with van der Waals surface area (Å²) in [6.45, 7) is 0.499. The standard InChI is InChI=1S/C22H21ClN2O3/c1-27-19-10-8-17(9-11-19)24-14-16-7-12-21(20(23)13-16)28-15-22(26)25-18-5-3-2-4-6-18/h2-13,24H,14-15H2,1H3,(H,25,26). The van der Waals surface area contributed by atoms with Crippen molar-refractivity contribution in [2.24, 2.45) is 0 Å². The highest BCUT2D eigenvalue weighted by molar-refractivity contribution is 6.32. The molecule has 144 valence electrons. The minimum absolute atomic E-state index is 0.113. The molecule has 3 aromatic rings. The largest absolute Gasteiger partial charge is 0.497 e. The summed E-state index contributed by atoms with van der Waals surface area (Å²) in [6, 6.07) is 22.4. The van der Waals surface area contributed by atoms with E-state index in [9.17, 15) is 4.79 Å². The topological polar surface area (TPSA) is 59.6 Å². The second-order valence-corrected chi connectivity index (χ2v) is 6.46. The summed E-state index contributed by atoms with van der Waals surface area (Å²) in [5, 5.41) is 6.54. The first-order chi connectivity index (χ1) is 13.6. The van der Waals surface area contributed by atoms with E-state index in [2.05, 4.69) is 10.6 Å². The molecule has 6 heteroatoms. The Bertz CT molecular complexity index is 915. The molecular formula is C22H21ClN2O3. The Hall–Kier alpha value is -3.18. The van der Waals surface area contributed by atoms with Gasteiger partial charge in [0.25, 0.3) is 5.91 Å². The van der Waals surface area contributed by atoms with E-state index in [0.717, 1.165) is 22.7 Å². The molecule has 0 heterocycles. The van der Waals surface area contributed by atoms with E-state index in [0.29, 0.717) is 17.3 Å². The van der Waals surface area contributed by atoms with E-state index in [1.807, 2.05) is 66.7 Å². The van der Waals surface area contributed by atoms with Crippen molar-refractivity contribution in [2.45, 2.75) is 6.54 Å². The summed E-state index contributed by atoms with van der Waals surface area (Å²) >= 11 is 6.29. The van der Waals surface area contributed by atoms with Crippen LogP contribution in [0.2, 0.25) is 5.02 Å². The number of rotatable bonds is 8. The summed E-state index contributed by atoms with van der Waals surface area (Å²) in [6.07, 6.45) is 0. The molecule has 0 atom stereocenters. The van der Waals surface area contributed by atoms with Gasteiger partial charge in [-0.25, -0.2) is 0 Å². The molecule has 0 saturated carbocycles. The van der Waals surface area contributed by atoms with Gasteiger partial charge in [-0.1, -0.05) is 35.9 Å². The minimum atomic E-state index is -0.243. The van der Waals surface area contributed by atoms with Crippen LogP contribution < -0.4 is 20.1 Å². The van der Waals surface area contributed by atoms with Crippen LogP contribution in [0.15, 0.2) is 72.8 Å². The molecule has 28 heavy (non-hydrogen) atoms. The number of methoxy groups -OCH3 is 1. The number of para-hydroxylation sites is 1. The molecule has 0 bridgehead atoms. The van der Waals surface area contributed by atoms with Crippen LogP contribution in [-0.2, 0) is 11.3 Å². The highest BCUT2D eigenvalue weighted by Crippen LogP contribution is 2.26. The molecule has 0 aliphatic carbocycles. The van der Waals surface area contributed by atoms with Crippen molar-refractivity contribution in [2.75, 3.05) is 24.4 Å². The lowest BCUT2D eigenvalue weighted by Crippen LogP contribution is -2.20. The maximum Gasteiger partial charge on any atom is 0.262 e. The van der Waals surface area contributed by atoms with Crippen LogP contribution in [0, 0.1) is 0 Å². The molecular weight excluding hydrogens is 376 g/mol. The molecule has 5 nitrogen and oxygen atoms in total. The van der Waals surface area contributed by atoms with E-state index in [4.69, 9.17) is 21.1 Å². The Morgan fingerprint density at radius 1 is 0.964 bits per heavy atom. The fraction of sp³-hybridized carbons (Fsp3) is 0.136. The zero-order chi connectivity index (χ0) is 19.8. The van der Waals surface area contributed by atoms with Gasteiger partial charge in [-0.05, 0) is 54.1 Å². The monoisotopic (exact) mass is 396 g/mol. The number of amides is 1. The minimum Gasteiger partial charge on any atom is -0.497 e. The Morgan fingerprint density at radius 3 is 2.39 bits per heavy atom. The van der Waals surface area contributed by atoms with Gasteiger partial charge in [0.05, 0.1) is 12.1 Å². The van der Waals surface area contributed by atoms with Gasteiger partial charge in [0.1, 0.15) is 11.5 Å². The van der Waals surface area contributed by atoms with Crippen LogP contribution >= 0.6 is 11.6 Å². The molecule has 0 fully saturated rings. The van der Waals surface area contributed by atoms with Gasteiger partial charge >= 0.3 is 0 Å². The van der Waals surface area contributed by atoms with E-state index in [1.165, 1.54) is 0 Å². The molecule has 0 aromatic heterocycles. The second kappa shape index (κ2) is 9.67. The molecule has 0 aliphatic heterocycles. The lowest BCUT2D eigenvalue weighted by Gasteiger charge is -2.11. The maximum absolute atomic E-state index is 12.0. The van der Waals surface area contributed by atoms with Gasteiger partial charge < -0.3 is 20.1 Å². The van der Waals surface area contributed by atoms with Gasteiger partial charge in [0, 0.05) is 17.9 Å². The number of carbonyl (C=O) groups is 1. The molecule has 3 rings (SSSR count). The number of halogens is 1. The third-order valence-electron chi connectivity index (χ3n) is 4.00. The van der Waals surface area contributed by atoms with Gasteiger partial charge in [-0.3, -0.25) is 4.79 Å². The van der Waals surface area contributed by atoms with Crippen molar-refractivity contribution in [3.63, 3.8) is 0 Å². The molecule has 0 aliphatic rings. The average molecular weight is 397 g/mol. The van der Waals surface area contributed by atoms with E-state index in [1.54, 1.807) is 13.2 Å². The van der Waals surface area contributed by atoms with Gasteiger partial charge in [0.15, 0.2) is 6.61 Å². The highest BCUT2D eigenvalue weighted by atomic mass is 35.5. The summed E-state index contributed by atoms with van der Waals surface area (Å²) in [4.78, 5) is 12.0. The van der Waals surface area contributed by atoms with E-state index < -0.39 is 0 Å². The molecule has 0 spiro atoms. The van der Waals surface area contributed by atoms with Crippen molar-refractivity contribution in [3.8, 4) is 11.5 Å². The predicted octanol–water partition coefficient (Wildman–Crippen LogP) is 4.98. The summed E-state index contributed by atoms with van der Waals surface area (Å²) in [5.74, 6) is 1.04. The number of nitrogens with one attached hydrogen (secondary N) is 2. The molecule has 0 radical (unpaired) electrons. The van der Waals surface area contributed by atoms with Crippen LogP contribution in [0.4, 0.5) is 11.4 Å². The Balaban J connectivity index is 1.51. The normalized spacial score (nSPS) is 10.2. The highest BCUT2D eigenvalue weighted by Gasteiger charge is 2.07. The molecule has 3 aromatic carbocycles. The van der Waals surface area contributed by atoms with Crippen molar-refractivity contribution >= 4 is 28.9 Å². The Kier molecular flexibility index (Phi) is 6.76. The lowest BCUT2D eigenvalue weighted by atomic mass is 10.2. The quantitative estimate of drug-likeness (QED) is 0.563. The first-order valence-electron chi connectivity index (χ1n) is 8.78. The maximum atomic E-state index is 12.0. The number of benzene rings is 3. The second-order valence-electron chi connectivity index (χ2n) is 6.05. The van der Waals surface area contributed by atoms with E-state index >= 15 is 0 Å². The Morgan fingerprint density at radius 2 is 1.71 bits per heavy atom. The van der Waals surface area contributed by atoms with Crippen LogP contribution in [0.3, 0.4) is 0 Å². The third-order valence-corrected chi connectivity index (χ3v) is 4.29. The van der Waals surface area contributed by atoms with Crippen LogP contribution in [0.25, 0.3) is 0 Å². The van der Waals surface area contributed by atoms with Crippen molar-refractivity contribution in [1.29, 1.82) is 0 Å². The summed E-state index contributed by atoms with van der Waals surface area (Å²) < 4.78 is 10.7. The number of ether oxygens (including phenoxy) is 2. The van der Waals surface area contributed by atoms with Gasteiger partial charge in [-0.2, -0.15) is 0 Å². The number of anilines is 2. The fourth-order valence-electron chi connectivity index (χ4n) is 2.55. The third kappa shape index (κ3) is 5.66. The molecule has 2 N–H and O–H groups in total. The van der Waals surface area contributed by atoms with Crippen molar-refractivity contribution in [3.05, 3.63) is 83.4 Å². The van der Waals surface area contributed by atoms with Crippen molar-refractivity contribution < 1.29 is 14.3 Å². The first kappa shape index (κ1) is 19.6. The zero-order valence-corrected chi connectivity index (χ0v) is 16.2. The van der Waals surface area contributed by atoms with Crippen LogP contribution in [-0.4, -0.2) is 19.6 Å². The van der Waals surface area contributed by atoms with Crippen LogP contribution in [0.5, 0.6) is 11.5 Å². The number of carbonyl (C=O) groups excluding carboxylic acids is 1. The number of hydrogen-bond donors (Lipinski definition) is 2. The molecule has 0 unspecified atom stereocenters. The van der Waals surface area contributed by atoms with Crippen LogP contribution in [0.1, 0.15) is 5.56 Å². The summed E-state index contributed by atoms with van der Waals surface area (Å²) in [5.41, 5.74) is 2.71. The average Bonchev–Trinajstić information content (AvgIpc) is 2.72. The summed E-state index contributed by atoms with van der Waals surface area (Å²) in [7, 11) is 1.64. The number of hydrogen-bond acceptors (Lipinski definition) is 4. The SMILES string of the molecule is COc1ccc(NCc2ccc(OCC(=O)Nc3ccccc3)c(Cl)c2)cc1. The molecule has 0 saturated heterocycles. The first-order valence-corrected chi connectivity index (χ1v) is 9.16. The predicted molar refractivity (Wildman–Crippen MR) is 112 cm³/mol. The van der Waals surface area contributed by atoms with E-state index in [-0.39, 0.29) is 12.5 Å². The van der Waals surface area contributed by atoms with Gasteiger partial charge in [-0.15, -0.1) is 0 Å². The Labute approximate surface area is 169 Å².